The summed E-state index contributed by atoms with van der Waals surface area (Å²) in [6, 6.07) is 0.547. The number of hydrogen-bond donors (Lipinski definition) is 1. The summed E-state index contributed by atoms with van der Waals surface area (Å²) in [6.07, 6.45) is 8.68. The minimum atomic E-state index is 0.547. The van der Waals surface area contributed by atoms with Gasteiger partial charge in [-0.05, 0) is 61.2 Å². The van der Waals surface area contributed by atoms with Crippen LogP contribution in [0.1, 0.15) is 52.4 Å². The van der Waals surface area contributed by atoms with Crippen LogP contribution in [0.3, 0.4) is 0 Å². The molecule has 0 aromatic heterocycles. The van der Waals surface area contributed by atoms with Crippen molar-refractivity contribution in [2.75, 3.05) is 0 Å². The van der Waals surface area contributed by atoms with Gasteiger partial charge in [-0.3, -0.25) is 0 Å². The molecule has 3 saturated carbocycles. The van der Waals surface area contributed by atoms with Crippen molar-refractivity contribution >= 4 is 0 Å². The standard InChI is InChI=1S/C15H27N/c1-9-6-7-11(8-10(9)2)15(16)14-12-4-3-5-13(12)14/h9-15H,3-8,16H2,1-2H3. The van der Waals surface area contributed by atoms with Gasteiger partial charge in [-0.2, -0.15) is 0 Å². The molecule has 16 heavy (non-hydrogen) atoms. The lowest BCUT2D eigenvalue weighted by Gasteiger charge is -2.36. The van der Waals surface area contributed by atoms with Crippen molar-refractivity contribution in [1.82, 2.24) is 0 Å². The normalized spacial score (nSPS) is 53.4. The highest BCUT2D eigenvalue weighted by Gasteiger charge is 2.56. The quantitative estimate of drug-likeness (QED) is 0.759. The van der Waals surface area contributed by atoms with Gasteiger partial charge in [-0.15, -0.1) is 0 Å². The van der Waals surface area contributed by atoms with Crippen molar-refractivity contribution in [2.45, 2.75) is 58.4 Å². The molecule has 92 valence electrons. The number of rotatable bonds is 2. The fraction of sp³-hybridized carbons (Fsp3) is 1.00. The molecule has 0 amide bonds. The van der Waals surface area contributed by atoms with Gasteiger partial charge >= 0.3 is 0 Å². The second-order valence-corrected chi connectivity index (χ2v) is 6.94. The molecule has 0 saturated heterocycles. The van der Waals surface area contributed by atoms with Gasteiger partial charge in [0.05, 0.1) is 0 Å². The van der Waals surface area contributed by atoms with Crippen molar-refractivity contribution in [1.29, 1.82) is 0 Å². The van der Waals surface area contributed by atoms with Crippen LogP contribution in [0.5, 0.6) is 0 Å². The third-order valence-corrected chi connectivity index (χ3v) is 6.10. The van der Waals surface area contributed by atoms with Crippen molar-refractivity contribution in [2.24, 2.45) is 41.2 Å². The molecule has 6 atom stereocenters. The fourth-order valence-corrected chi connectivity index (χ4v) is 4.70. The second kappa shape index (κ2) is 4.01. The molecule has 0 aromatic rings. The highest BCUT2D eigenvalue weighted by Crippen LogP contribution is 2.60. The molecule has 2 N–H and O–H groups in total. The molecule has 0 bridgehead atoms. The Morgan fingerprint density at radius 2 is 1.62 bits per heavy atom. The number of nitrogens with two attached hydrogens (primary N) is 1. The zero-order valence-corrected chi connectivity index (χ0v) is 10.9. The number of hydrogen-bond acceptors (Lipinski definition) is 1. The highest BCUT2D eigenvalue weighted by molar-refractivity contribution is 5.07. The first-order valence-corrected chi connectivity index (χ1v) is 7.44. The Hall–Kier alpha value is -0.0400. The van der Waals surface area contributed by atoms with Crippen LogP contribution in [0.2, 0.25) is 0 Å². The monoisotopic (exact) mass is 221 g/mol. The molecule has 3 aliphatic rings. The molecule has 0 spiro atoms. The molecular formula is C15H27N. The van der Waals surface area contributed by atoms with E-state index in [1.807, 2.05) is 0 Å². The van der Waals surface area contributed by atoms with E-state index in [9.17, 15) is 0 Å². The van der Waals surface area contributed by atoms with E-state index in [1.165, 1.54) is 38.5 Å². The Kier molecular flexibility index (Phi) is 2.78. The maximum absolute atomic E-state index is 6.55. The summed E-state index contributed by atoms with van der Waals surface area (Å²) in [6.45, 7) is 4.84. The number of fused-ring (bicyclic) bond motifs is 1. The van der Waals surface area contributed by atoms with Crippen LogP contribution in [0.4, 0.5) is 0 Å². The lowest BCUT2D eigenvalue weighted by Crippen LogP contribution is -2.38. The SMILES string of the molecule is CC1CCC(C(N)C2C3CCCC32)CC1C. The molecule has 0 radical (unpaired) electrons. The van der Waals surface area contributed by atoms with Crippen molar-refractivity contribution in [3.8, 4) is 0 Å². The molecule has 3 fully saturated rings. The molecule has 3 aliphatic carbocycles. The van der Waals surface area contributed by atoms with E-state index >= 15 is 0 Å². The van der Waals surface area contributed by atoms with E-state index < -0.39 is 0 Å². The Morgan fingerprint density at radius 3 is 2.25 bits per heavy atom. The van der Waals surface area contributed by atoms with Gasteiger partial charge in [0.15, 0.2) is 0 Å². The molecule has 1 nitrogen and oxygen atoms in total. The van der Waals surface area contributed by atoms with Crippen LogP contribution in [0.25, 0.3) is 0 Å². The Morgan fingerprint density at radius 1 is 0.938 bits per heavy atom. The molecule has 0 aromatic carbocycles. The summed E-state index contributed by atoms with van der Waals surface area (Å²) in [5, 5.41) is 0. The second-order valence-electron chi connectivity index (χ2n) is 6.94. The van der Waals surface area contributed by atoms with Crippen LogP contribution in [0.15, 0.2) is 0 Å². The van der Waals surface area contributed by atoms with Crippen LogP contribution >= 0.6 is 0 Å². The third kappa shape index (κ3) is 1.72. The zero-order chi connectivity index (χ0) is 11.3. The average Bonchev–Trinajstić information content (AvgIpc) is 2.74. The summed E-state index contributed by atoms with van der Waals surface area (Å²) in [4.78, 5) is 0. The van der Waals surface area contributed by atoms with Gasteiger partial charge in [-0.1, -0.05) is 26.7 Å². The first kappa shape index (κ1) is 11.1. The summed E-state index contributed by atoms with van der Waals surface area (Å²) in [5.74, 6) is 5.71. The summed E-state index contributed by atoms with van der Waals surface area (Å²) < 4.78 is 0. The summed E-state index contributed by atoms with van der Waals surface area (Å²) in [7, 11) is 0. The molecule has 0 heterocycles. The van der Waals surface area contributed by atoms with Crippen LogP contribution < -0.4 is 5.73 Å². The predicted octanol–water partition coefficient (Wildman–Crippen LogP) is 3.43. The van der Waals surface area contributed by atoms with Gasteiger partial charge in [0.2, 0.25) is 0 Å². The lowest BCUT2D eigenvalue weighted by molar-refractivity contribution is 0.171. The minimum absolute atomic E-state index is 0.547. The zero-order valence-electron chi connectivity index (χ0n) is 10.9. The van der Waals surface area contributed by atoms with E-state index in [0.717, 1.165) is 35.5 Å². The first-order valence-electron chi connectivity index (χ1n) is 7.44. The van der Waals surface area contributed by atoms with Gasteiger partial charge in [0, 0.05) is 6.04 Å². The van der Waals surface area contributed by atoms with E-state index in [2.05, 4.69) is 13.8 Å². The summed E-state index contributed by atoms with van der Waals surface area (Å²) in [5.41, 5.74) is 6.55. The van der Waals surface area contributed by atoms with Gasteiger partial charge in [-0.25, -0.2) is 0 Å². The Bertz CT molecular complexity index is 252. The van der Waals surface area contributed by atoms with Crippen LogP contribution in [0, 0.1) is 35.5 Å². The maximum Gasteiger partial charge on any atom is 0.0101 e. The molecule has 6 unspecified atom stereocenters. The van der Waals surface area contributed by atoms with Gasteiger partial charge < -0.3 is 5.73 Å². The average molecular weight is 221 g/mol. The highest BCUT2D eigenvalue weighted by atomic mass is 14.8. The fourth-order valence-electron chi connectivity index (χ4n) is 4.70. The Balaban J connectivity index is 1.57. The third-order valence-electron chi connectivity index (χ3n) is 6.10. The molecule has 3 rings (SSSR count). The largest absolute Gasteiger partial charge is 0.327 e. The molecular weight excluding hydrogens is 194 g/mol. The maximum atomic E-state index is 6.55. The predicted molar refractivity (Wildman–Crippen MR) is 68.0 cm³/mol. The van der Waals surface area contributed by atoms with Crippen LogP contribution in [-0.4, -0.2) is 6.04 Å². The van der Waals surface area contributed by atoms with Crippen LogP contribution in [-0.2, 0) is 0 Å². The molecule has 1 heteroatoms. The molecule has 0 aliphatic heterocycles. The van der Waals surface area contributed by atoms with Crippen molar-refractivity contribution in [3.63, 3.8) is 0 Å². The van der Waals surface area contributed by atoms with E-state index in [0.29, 0.717) is 6.04 Å². The minimum Gasteiger partial charge on any atom is -0.327 e. The van der Waals surface area contributed by atoms with Crippen molar-refractivity contribution in [3.05, 3.63) is 0 Å². The lowest BCUT2D eigenvalue weighted by atomic mass is 9.72. The van der Waals surface area contributed by atoms with E-state index in [-0.39, 0.29) is 0 Å². The Labute approximate surface area is 100 Å². The van der Waals surface area contributed by atoms with E-state index in [4.69, 9.17) is 5.73 Å². The van der Waals surface area contributed by atoms with E-state index in [1.54, 1.807) is 0 Å². The van der Waals surface area contributed by atoms with Crippen molar-refractivity contribution < 1.29 is 0 Å². The summed E-state index contributed by atoms with van der Waals surface area (Å²) >= 11 is 0. The van der Waals surface area contributed by atoms with Gasteiger partial charge in [0.1, 0.15) is 0 Å². The topological polar surface area (TPSA) is 26.0 Å². The van der Waals surface area contributed by atoms with Gasteiger partial charge in [0.25, 0.3) is 0 Å². The first-order chi connectivity index (χ1) is 7.68. The smallest absolute Gasteiger partial charge is 0.0101 e.